The molecule has 0 amide bonds. The summed E-state index contributed by atoms with van der Waals surface area (Å²) in [5, 5.41) is 11.5. The minimum atomic E-state index is -1.21. The molecule has 0 saturated carbocycles. The van der Waals surface area contributed by atoms with E-state index in [2.05, 4.69) is 29.2 Å². The number of quaternary nitrogens is 1. The molecule has 1 aromatic carbocycles. The van der Waals surface area contributed by atoms with E-state index in [4.69, 9.17) is 0 Å². The van der Waals surface area contributed by atoms with E-state index in [0.717, 1.165) is 30.8 Å². The molecule has 122 valence electrons. The highest BCUT2D eigenvalue weighted by Gasteiger charge is 2.23. The smallest absolute Gasteiger partial charge is 0.138 e. The fraction of sp³-hybridized carbons (Fsp3) is 0.263. The molecule has 1 aliphatic rings. The second kappa shape index (κ2) is 5.76. The lowest BCUT2D eigenvalue weighted by molar-refractivity contribution is -0.929. The van der Waals surface area contributed by atoms with Gasteiger partial charge in [0.25, 0.3) is 0 Å². The van der Waals surface area contributed by atoms with Crippen molar-refractivity contribution in [3.8, 4) is 0 Å². The van der Waals surface area contributed by atoms with Crippen LogP contribution in [0.25, 0.3) is 5.65 Å². The molecule has 5 heteroatoms. The first kappa shape index (κ1) is 14.9. The highest BCUT2D eigenvalue weighted by atomic mass is 16.4. The van der Waals surface area contributed by atoms with Crippen molar-refractivity contribution >= 4 is 11.6 Å². The number of carboxylic acid groups (broad SMARTS) is 1. The van der Waals surface area contributed by atoms with Gasteiger partial charge in [-0.05, 0) is 30.2 Å². The summed E-state index contributed by atoms with van der Waals surface area (Å²) in [6, 6.07) is 12.3. The van der Waals surface area contributed by atoms with E-state index in [-0.39, 0.29) is 5.69 Å². The van der Waals surface area contributed by atoms with E-state index in [1.54, 1.807) is 0 Å². The maximum Gasteiger partial charge on any atom is 0.138 e. The summed E-state index contributed by atoms with van der Waals surface area (Å²) in [6.07, 6.45) is 2.92. The van der Waals surface area contributed by atoms with E-state index in [0.29, 0.717) is 12.2 Å². The topological polar surface area (TPSA) is 61.9 Å². The molecule has 2 aromatic heterocycles. The third kappa shape index (κ3) is 2.57. The predicted molar refractivity (Wildman–Crippen MR) is 87.6 cm³/mol. The molecule has 0 aliphatic carbocycles. The fourth-order valence-corrected chi connectivity index (χ4v) is 3.56. The molecule has 0 saturated heterocycles. The molecule has 0 radical (unpaired) electrons. The van der Waals surface area contributed by atoms with Gasteiger partial charge < -0.3 is 14.8 Å². The maximum atomic E-state index is 11.5. The number of aromatic nitrogens is 2. The molecule has 3 aromatic rings. The zero-order valence-corrected chi connectivity index (χ0v) is 13.6. The lowest BCUT2D eigenvalue weighted by Gasteiger charge is -2.26. The van der Waals surface area contributed by atoms with Gasteiger partial charge in [-0.25, -0.2) is 4.98 Å². The number of benzene rings is 1. The Bertz CT molecular complexity index is 930. The predicted octanol–water partition coefficient (Wildman–Crippen LogP) is 0.147. The summed E-state index contributed by atoms with van der Waals surface area (Å²) in [7, 11) is 0. The number of pyridine rings is 1. The van der Waals surface area contributed by atoms with E-state index in [9.17, 15) is 9.90 Å². The van der Waals surface area contributed by atoms with Crippen molar-refractivity contribution in [1.29, 1.82) is 0 Å². The van der Waals surface area contributed by atoms with E-state index < -0.39 is 5.97 Å². The SMILES string of the molecule is Cc1ccn2c(C[NH+]3CCc4ccccc4C3)c(C(=O)[O-])nc2c1. The van der Waals surface area contributed by atoms with Crippen LogP contribution in [0.15, 0.2) is 42.6 Å². The number of carbonyl (C=O) groups is 1. The summed E-state index contributed by atoms with van der Waals surface area (Å²) < 4.78 is 1.88. The number of nitrogens with zero attached hydrogens (tertiary/aromatic N) is 2. The van der Waals surface area contributed by atoms with Gasteiger partial charge in [0.1, 0.15) is 30.1 Å². The quantitative estimate of drug-likeness (QED) is 0.747. The fourth-order valence-electron chi connectivity index (χ4n) is 3.56. The van der Waals surface area contributed by atoms with Crippen LogP contribution < -0.4 is 10.0 Å². The number of carboxylic acids is 1. The van der Waals surface area contributed by atoms with Crippen LogP contribution in [0.3, 0.4) is 0 Å². The van der Waals surface area contributed by atoms with Gasteiger partial charge in [0, 0.05) is 18.2 Å². The van der Waals surface area contributed by atoms with Crippen LogP contribution in [-0.4, -0.2) is 21.9 Å². The van der Waals surface area contributed by atoms with Crippen molar-refractivity contribution in [1.82, 2.24) is 9.38 Å². The number of carbonyl (C=O) groups excluding carboxylic acids is 1. The van der Waals surface area contributed by atoms with Crippen LogP contribution in [0, 0.1) is 6.92 Å². The average Bonchev–Trinajstić information content (AvgIpc) is 2.92. The number of hydrogen-bond donors (Lipinski definition) is 1. The first-order valence-electron chi connectivity index (χ1n) is 8.21. The van der Waals surface area contributed by atoms with Crippen molar-refractivity contribution < 1.29 is 14.8 Å². The molecule has 1 aliphatic heterocycles. The molecular weight excluding hydrogens is 302 g/mol. The molecular formula is C19H19N3O2. The summed E-state index contributed by atoms with van der Waals surface area (Å²) in [5.74, 6) is -1.21. The van der Waals surface area contributed by atoms with Crippen molar-refractivity contribution in [2.45, 2.75) is 26.4 Å². The largest absolute Gasteiger partial charge is 0.543 e. The molecule has 0 fully saturated rings. The molecule has 0 spiro atoms. The van der Waals surface area contributed by atoms with E-state index >= 15 is 0 Å². The van der Waals surface area contributed by atoms with Crippen LogP contribution in [0.2, 0.25) is 0 Å². The third-order valence-electron chi connectivity index (χ3n) is 4.80. The van der Waals surface area contributed by atoms with Gasteiger partial charge in [0.15, 0.2) is 0 Å². The zero-order chi connectivity index (χ0) is 16.7. The van der Waals surface area contributed by atoms with Gasteiger partial charge >= 0.3 is 0 Å². The van der Waals surface area contributed by atoms with Gasteiger partial charge in [-0.3, -0.25) is 4.40 Å². The average molecular weight is 321 g/mol. The highest BCUT2D eigenvalue weighted by Crippen LogP contribution is 2.15. The van der Waals surface area contributed by atoms with Gasteiger partial charge in [0.2, 0.25) is 0 Å². The first-order chi connectivity index (χ1) is 11.6. The first-order valence-corrected chi connectivity index (χ1v) is 8.21. The summed E-state index contributed by atoms with van der Waals surface area (Å²) in [6.45, 7) is 4.49. The number of aromatic carboxylic acids is 1. The molecule has 1 atom stereocenters. The molecule has 1 N–H and O–H groups in total. The Kier molecular flexibility index (Phi) is 3.58. The monoisotopic (exact) mass is 321 g/mol. The Balaban J connectivity index is 1.69. The van der Waals surface area contributed by atoms with Gasteiger partial charge in [-0.2, -0.15) is 0 Å². The maximum absolute atomic E-state index is 11.5. The number of rotatable bonds is 3. The Morgan fingerprint density at radius 3 is 2.88 bits per heavy atom. The molecule has 4 rings (SSSR count). The Labute approximate surface area is 140 Å². The highest BCUT2D eigenvalue weighted by molar-refractivity contribution is 5.86. The second-order valence-corrected chi connectivity index (χ2v) is 6.50. The lowest BCUT2D eigenvalue weighted by atomic mass is 10.00. The van der Waals surface area contributed by atoms with E-state index in [1.807, 2.05) is 29.7 Å². The zero-order valence-electron chi connectivity index (χ0n) is 13.6. The molecule has 24 heavy (non-hydrogen) atoms. The number of imidazole rings is 1. The summed E-state index contributed by atoms with van der Waals surface area (Å²) in [4.78, 5) is 17.1. The van der Waals surface area contributed by atoms with Gasteiger partial charge in [-0.15, -0.1) is 0 Å². The molecule has 1 unspecified atom stereocenters. The Hall–Kier alpha value is -2.66. The van der Waals surface area contributed by atoms with Crippen LogP contribution in [0.1, 0.15) is 32.9 Å². The Morgan fingerprint density at radius 2 is 2.08 bits per heavy atom. The number of aryl methyl sites for hydroxylation is 1. The Morgan fingerprint density at radius 1 is 1.29 bits per heavy atom. The van der Waals surface area contributed by atoms with Crippen LogP contribution in [-0.2, 0) is 19.5 Å². The number of nitrogens with one attached hydrogen (secondary N) is 1. The van der Waals surface area contributed by atoms with Gasteiger partial charge in [-0.1, -0.05) is 24.3 Å². The van der Waals surface area contributed by atoms with Gasteiger partial charge in [0.05, 0.1) is 12.5 Å². The van der Waals surface area contributed by atoms with Crippen molar-refractivity contribution in [2.75, 3.05) is 6.54 Å². The van der Waals surface area contributed by atoms with Crippen LogP contribution in [0.5, 0.6) is 0 Å². The number of fused-ring (bicyclic) bond motifs is 2. The number of hydrogen-bond acceptors (Lipinski definition) is 3. The minimum absolute atomic E-state index is 0.0620. The van der Waals surface area contributed by atoms with E-state index in [1.165, 1.54) is 16.0 Å². The third-order valence-corrected chi connectivity index (χ3v) is 4.80. The van der Waals surface area contributed by atoms with Crippen molar-refractivity contribution in [3.63, 3.8) is 0 Å². The molecule has 3 heterocycles. The minimum Gasteiger partial charge on any atom is -0.543 e. The van der Waals surface area contributed by atoms with Crippen LogP contribution >= 0.6 is 0 Å². The molecule has 5 nitrogen and oxygen atoms in total. The lowest BCUT2D eigenvalue weighted by Crippen LogP contribution is -3.10. The van der Waals surface area contributed by atoms with Crippen LogP contribution in [0.4, 0.5) is 0 Å². The summed E-state index contributed by atoms with van der Waals surface area (Å²) >= 11 is 0. The summed E-state index contributed by atoms with van der Waals surface area (Å²) in [5.41, 5.74) is 5.25. The standard InChI is InChI=1S/C19H19N3O2/c1-13-6-9-22-16(18(19(23)24)20-17(22)10-13)12-21-8-7-14-4-2-3-5-15(14)11-21/h2-6,9-10H,7-8,11-12H2,1H3,(H,23,24). The normalized spacial score (nSPS) is 17.0. The molecule has 0 bridgehead atoms. The van der Waals surface area contributed by atoms with Crippen molar-refractivity contribution in [3.05, 3.63) is 70.7 Å². The second-order valence-electron chi connectivity index (χ2n) is 6.50. The van der Waals surface area contributed by atoms with Crippen molar-refractivity contribution in [2.24, 2.45) is 0 Å².